The molecule has 0 amide bonds. The molecular formula is C34H42O8. The van der Waals surface area contributed by atoms with E-state index in [1.165, 1.54) is 0 Å². The Morgan fingerprint density at radius 1 is 0.452 bits per heavy atom. The number of methoxy groups -OCH3 is 4. The summed E-state index contributed by atoms with van der Waals surface area (Å²) in [4.78, 5) is 0. The van der Waals surface area contributed by atoms with E-state index in [4.69, 9.17) is 37.9 Å². The largest absolute Gasteiger partial charge is 0.493 e. The molecular weight excluding hydrogens is 536 g/mol. The zero-order valence-corrected chi connectivity index (χ0v) is 25.4. The molecule has 0 radical (unpaired) electrons. The van der Waals surface area contributed by atoms with Gasteiger partial charge in [0.05, 0.1) is 41.7 Å². The predicted octanol–water partition coefficient (Wildman–Crippen LogP) is 6.89. The Morgan fingerprint density at radius 3 is 1.05 bits per heavy atom. The normalized spacial score (nSPS) is 11.2. The van der Waals surface area contributed by atoms with E-state index in [1.807, 2.05) is 62.4 Å². The summed E-state index contributed by atoms with van der Waals surface area (Å²) in [5.74, 6) is 3.53. The molecule has 42 heavy (non-hydrogen) atoms. The van der Waals surface area contributed by atoms with Gasteiger partial charge in [0.15, 0.2) is 23.0 Å². The first-order valence-corrected chi connectivity index (χ1v) is 14.0. The van der Waals surface area contributed by atoms with Crippen molar-refractivity contribution >= 4 is 24.3 Å². The van der Waals surface area contributed by atoms with Crippen LogP contribution in [0.4, 0.5) is 0 Å². The zero-order chi connectivity index (χ0) is 30.2. The molecule has 0 aliphatic carbocycles. The monoisotopic (exact) mass is 578 g/mol. The number of hydrogen-bond acceptors (Lipinski definition) is 8. The maximum atomic E-state index is 5.86. The standard InChI is InChI=1S/C34H42O8/c1-7-39-17-19-41-33-29(35-3)21-27(22-30(33)36-4)15-13-25-9-11-26(12-10-25)14-16-28-23-31(37-5)34(32(24-28)38-6)42-20-18-40-8-2/h9-16,21-24H,7-8,17-20H2,1-6H3/b15-13+,16-14+. The highest BCUT2D eigenvalue weighted by Gasteiger charge is 2.15. The average Bonchev–Trinajstić information content (AvgIpc) is 3.03. The lowest BCUT2D eigenvalue weighted by Crippen LogP contribution is -2.08. The molecule has 0 atom stereocenters. The summed E-state index contributed by atoms with van der Waals surface area (Å²) in [6.45, 7) is 6.99. The first kappa shape index (κ1) is 32.4. The van der Waals surface area contributed by atoms with E-state index in [9.17, 15) is 0 Å². The number of hydrogen-bond donors (Lipinski definition) is 0. The van der Waals surface area contributed by atoms with Crippen molar-refractivity contribution in [2.45, 2.75) is 13.8 Å². The van der Waals surface area contributed by atoms with Gasteiger partial charge in [-0.15, -0.1) is 0 Å². The lowest BCUT2D eigenvalue weighted by atomic mass is 10.1. The van der Waals surface area contributed by atoms with Crippen LogP contribution in [0.25, 0.3) is 24.3 Å². The van der Waals surface area contributed by atoms with E-state index >= 15 is 0 Å². The summed E-state index contributed by atoms with van der Waals surface area (Å²) in [5.41, 5.74) is 3.97. The van der Waals surface area contributed by atoms with Crippen LogP contribution in [0.1, 0.15) is 36.1 Å². The topological polar surface area (TPSA) is 73.8 Å². The third-order valence-electron chi connectivity index (χ3n) is 6.20. The zero-order valence-electron chi connectivity index (χ0n) is 25.4. The second-order valence-electron chi connectivity index (χ2n) is 8.93. The summed E-state index contributed by atoms with van der Waals surface area (Å²) in [6.07, 6.45) is 8.10. The number of benzene rings is 3. The molecule has 0 aliphatic heterocycles. The van der Waals surface area contributed by atoms with Gasteiger partial charge in [-0.25, -0.2) is 0 Å². The van der Waals surface area contributed by atoms with E-state index in [0.717, 1.165) is 22.3 Å². The minimum atomic E-state index is 0.409. The fourth-order valence-corrected chi connectivity index (χ4v) is 4.07. The summed E-state index contributed by atoms with van der Waals surface area (Å²) in [7, 11) is 6.45. The minimum absolute atomic E-state index is 0.409. The molecule has 0 saturated heterocycles. The summed E-state index contributed by atoms with van der Waals surface area (Å²) < 4.78 is 44.7. The van der Waals surface area contributed by atoms with Crippen LogP contribution >= 0.6 is 0 Å². The van der Waals surface area contributed by atoms with E-state index in [2.05, 4.69) is 24.3 Å². The summed E-state index contributed by atoms with van der Waals surface area (Å²) in [5, 5.41) is 0. The van der Waals surface area contributed by atoms with Crippen molar-refractivity contribution in [1.82, 2.24) is 0 Å². The van der Waals surface area contributed by atoms with Crippen LogP contribution in [-0.4, -0.2) is 68.1 Å². The van der Waals surface area contributed by atoms with Crippen molar-refractivity contribution in [2.24, 2.45) is 0 Å². The Balaban J connectivity index is 1.70. The van der Waals surface area contributed by atoms with Crippen LogP contribution in [0.2, 0.25) is 0 Å². The van der Waals surface area contributed by atoms with Gasteiger partial charge in [-0.05, 0) is 60.4 Å². The maximum Gasteiger partial charge on any atom is 0.203 e. The predicted molar refractivity (Wildman–Crippen MR) is 167 cm³/mol. The molecule has 8 heteroatoms. The first-order valence-electron chi connectivity index (χ1n) is 14.0. The molecule has 0 N–H and O–H groups in total. The lowest BCUT2D eigenvalue weighted by Gasteiger charge is -2.15. The molecule has 3 rings (SSSR count). The van der Waals surface area contributed by atoms with Crippen molar-refractivity contribution in [1.29, 1.82) is 0 Å². The Hall–Kier alpha value is -4.14. The summed E-state index contributed by atoms with van der Waals surface area (Å²) >= 11 is 0. The van der Waals surface area contributed by atoms with Gasteiger partial charge in [0.1, 0.15) is 13.2 Å². The molecule has 3 aromatic carbocycles. The Bertz CT molecular complexity index is 1150. The van der Waals surface area contributed by atoms with Crippen LogP contribution in [0.3, 0.4) is 0 Å². The van der Waals surface area contributed by atoms with E-state index in [-0.39, 0.29) is 0 Å². The molecule has 0 aromatic heterocycles. The van der Waals surface area contributed by atoms with E-state index in [0.29, 0.717) is 74.1 Å². The second-order valence-corrected chi connectivity index (χ2v) is 8.93. The van der Waals surface area contributed by atoms with E-state index in [1.54, 1.807) is 28.4 Å². The van der Waals surface area contributed by atoms with Gasteiger partial charge >= 0.3 is 0 Å². The number of ether oxygens (including phenoxy) is 8. The first-order chi connectivity index (χ1) is 20.6. The van der Waals surface area contributed by atoms with Gasteiger partial charge in [-0.1, -0.05) is 48.6 Å². The second kappa shape index (κ2) is 17.6. The van der Waals surface area contributed by atoms with Gasteiger partial charge in [-0.3, -0.25) is 0 Å². The third-order valence-corrected chi connectivity index (χ3v) is 6.20. The van der Waals surface area contributed by atoms with Crippen molar-refractivity contribution < 1.29 is 37.9 Å². The highest BCUT2D eigenvalue weighted by molar-refractivity contribution is 5.75. The summed E-state index contributed by atoms with van der Waals surface area (Å²) in [6, 6.07) is 15.9. The number of rotatable bonds is 18. The van der Waals surface area contributed by atoms with Gasteiger partial charge in [0, 0.05) is 13.2 Å². The smallest absolute Gasteiger partial charge is 0.203 e. The minimum Gasteiger partial charge on any atom is -0.493 e. The molecule has 226 valence electrons. The Kier molecular flexibility index (Phi) is 13.6. The fraction of sp³-hybridized carbons (Fsp3) is 0.353. The molecule has 3 aromatic rings. The maximum absolute atomic E-state index is 5.86. The van der Waals surface area contributed by atoms with Crippen LogP contribution < -0.4 is 28.4 Å². The third kappa shape index (κ3) is 9.46. The van der Waals surface area contributed by atoms with Crippen molar-refractivity contribution in [3.63, 3.8) is 0 Å². The molecule has 0 saturated carbocycles. The van der Waals surface area contributed by atoms with Crippen LogP contribution in [0.15, 0.2) is 48.5 Å². The van der Waals surface area contributed by atoms with Gasteiger partial charge in [0.2, 0.25) is 11.5 Å². The molecule has 0 spiro atoms. The van der Waals surface area contributed by atoms with Gasteiger partial charge in [0.25, 0.3) is 0 Å². The highest BCUT2D eigenvalue weighted by Crippen LogP contribution is 2.40. The quantitative estimate of drug-likeness (QED) is 0.119. The molecule has 0 fully saturated rings. The highest BCUT2D eigenvalue weighted by atomic mass is 16.6. The molecule has 8 nitrogen and oxygen atoms in total. The lowest BCUT2D eigenvalue weighted by molar-refractivity contribution is 0.107. The average molecular weight is 579 g/mol. The van der Waals surface area contributed by atoms with Crippen molar-refractivity contribution in [2.75, 3.05) is 68.1 Å². The van der Waals surface area contributed by atoms with Crippen LogP contribution in [0, 0.1) is 0 Å². The van der Waals surface area contributed by atoms with Gasteiger partial charge in [-0.2, -0.15) is 0 Å². The van der Waals surface area contributed by atoms with Crippen LogP contribution in [-0.2, 0) is 9.47 Å². The van der Waals surface area contributed by atoms with E-state index < -0.39 is 0 Å². The van der Waals surface area contributed by atoms with Crippen LogP contribution in [0.5, 0.6) is 34.5 Å². The molecule has 0 bridgehead atoms. The Morgan fingerprint density at radius 2 is 0.762 bits per heavy atom. The van der Waals surface area contributed by atoms with Gasteiger partial charge < -0.3 is 37.9 Å². The fourth-order valence-electron chi connectivity index (χ4n) is 4.07. The van der Waals surface area contributed by atoms with Crippen molar-refractivity contribution in [3.05, 3.63) is 70.8 Å². The molecule has 0 unspecified atom stereocenters. The SMILES string of the molecule is CCOCCOc1c(OC)cc(/C=C/c2ccc(/C=C/c3cc(OC)c(OCCOCC)c(OC)c3)cc2)cc1OC. The van der Waals surface area contributed by atoms with Crippen molar-refractivity contribution in [3.8, 4) is 34.5 Å². The Labute approximate surface area is 249 Å². The molecule has 0 aliphatic rings. The molecule has 0 heterocycles.